The number of pyridine rings is 1. The molecule has 1 amide bonds. The monoisotopic (exact) mass is 274 g/mol. The standard InChI is InChI=1S/C14H14N2O4/c1-8(14(19)20)7-15-13(18)11-6-12(17)9-4-2-3-5-10(9)16-11/h2-6,8H,7H2,1H3,(H,15,18)(H,16,17)(H,19,20). The molecule has 1 unspecified atom stereocenters. The number of H-pyrrole nitrogens is 1. The first-order valence-electron chi connectivity index (χ1n) is 6.12. The lowest BCUT2D eigenvalue weighted by Crippen LogP contribution is -2.32. The Labute approximate surface area is 114 Å². The molecule has 0 radical (unpaired) electrons. The van der Waals surface area contributed by atoms with Gasteiger partial charge in [0.25, 0.3) is 5.91 Å². The fourth-order valence-corrected chi connectivity index (χ4v) is 1.75. The van der Waals surface area contributed by atoms with Crippen LogP contribution in [0.1, 0.15) is 17.4 Å². The summed E-state index contributed by atoms with van der Waals surface area (Å²) in [6.07, 6.45) is 0. The van der Waals surface area contributed by atoms with Crippen LogP contribution in [0.15, 0.2) is 35.1 Å². The maximum absolute atomic E-state index is 11.9. The smallest absolute Gasteiger partial charge is 0.308 e. The van der Waals surface area contributed by atoms with Crippen LogP contribution in [-0.2, 0) is 4.79 Å². The second-order valence-corrected chi connectivity index (χ2v) is 4.54. The fraction of sp³-hybridized carbons (Fsp3) is 0.214. The molecule has 1 atom stereocenters. The number of amides is 1. The molecule has 6 nitrogen and oxygen atoms in total. The van der Waals surface area contributed by atoms with Gasteiger partial charge >= 0.3 is 5.97 Å². The van der Waals surface area contributed by atoms with Gasteiger partial charge in [-0.15, -0.1) is 0 Å². The molecule has 6 heteroatoms. The Bertz CT molecular complexity index is 720. The molecule has 1 aromatic heterocycles. The van der Waals surface area contributed by atoms with Gasteiger partial charge in [0.15, 0.2) is 5.43 Å². The third-order valence-electron chi connectivity index (χ3n) is 2.97. The molecule has 0 aliphatic rings. The van der Waals surface area contributed by atoms with E-state index in [4.69, 9.17) is 5.11 Å². The van der Waals surface area contributed by atoms with Gasteiger partial charge in [0.05, 0.1) is 5.92 Å². The molecular weight excluding hydrogens is 260 g/mol. The van der Waals surface area contributed by atoms with E-state index in [2.05, 4.69) is 10.3 Å². The number of fused-ring (bicyclic) bond motifs is 1. The van der Waals surface area contributed by atoms with Gasteiger partial charge in [0, 0.05) is 23.5 Å². The lowest BCUT2D eigenvalue weighted by atomic mass is 10.1. The quantitative estimate of drug-likeness (QED) is 0.773. The SMILES string of the molecule is CC(CNC(=O)c1cc(=O)c2ccccc2[nH]1)C(=O)O. The Balaban J connectivity index is 2.23. The summed E-state index contributed by atoms with van der Waals surface area (Å²) < 4.78 is 0. The number of aromatic nitrogens is 1. The molecule has 0 saturated heterocycles. The Hall–Kier alpha value is -2.63. The molecule has 0 spiro atoms. The highest BCUT2D eigenvalue weighted by Crippen LogP contribution is 2.07. The predicted octanol–water partition coefficient (Wildman–Crippen LogP) is 0.979. The number of para-hydroxylation sites is 1. The molecule has 104 valence electrons. The lowest BCUT2D eigenvalue weighted by molar-refractivity contribution is -0.140. The van der Waals surface area contributed by atoms with E-state index in [1.165, 1.54) is 13.0 Å². The largest absolute Gasteiger partial charge is 0.481 e. The maximum Gasteiger partial charge on any atom is 0.308 e. The summed E-state index contributed by atoms with van der Waals surface area (Å²) in [6, 6.07) is 8.08. The Morgan fingerprint density at radius 3 is 2.75 bits per heavy atom. The highest BCUT2D eigenvalue weighted by atomic mass is 16.4. The van der Waals surface area contributed by atoms with Crippen LogP contribution in [0.4, 0.5) is 0 Å². The zero-order valence-corrected chi connectivity index (χ0v) is 10.8. The highest BCUT2D eigenvalue weighted by molar-refractivity contribution is 5.95. The van der Waals surface area contributed by atoms with Gasteiger partial charge in [-0.1, -0.05) is 19.1 Å². The number of carbonyl (C=O) groups excluding carboxylic acids is 1. The number of benzene rings is 1. The van der Waals surface area contributed by atoms with Crippen molar-refractivity contribution < 1.29 is 14.7 Å². The van der Waals surface area contributed by atoms with Gasteiger partial charge in [-0.2, -0.15) is 0 Å². The van der Waals surface area contributed by atoms with Crippen molar-refractivity contribution in [2.24, 2.45) is 5.92 Å². The Morgan fingerprint density at radius 2 is 2.05 bits per heavy atom. The molecule has 0 fully saturated rings. The van der Waals surface area contributed by atoms with E-state index in [9.17, 15) is 14.4 Å². The van der Waals surface area contributed by atoms with Crippen molar-refractivity contribution in [3.63, 3.8) is 0 Å². The van der Waals surface area contributed by atoms with Crippen molar-refractivity contribution in [2.75, 3.05) is 6.54 Å². The zero-order chi connectivity index (χ0) is 14.7. The molecule has 2 aromatic rings. The van der Waals surface area contributed by atoms with Crippen LogP contribution >= 0.6 is 0 Å². The molecule has 0 aliphatic carbocycles. The van der Waals surface area contributed by atoms with Gasteiger partial charge in [-0.05, 0) is 12.1 Å². The van der Waals surface area contributed by atoms with Crippen molar-refractivity contribution in [3.8, 4) is 0 Å². The maximum atomic E-state index is 11.9. The van der Waals surface area contributed by atoms with Crippen molar-refractivity contribution in [1.82, 2.24) is 10.3 Å². The minimum absolute atomic E-state index is 0.00300. The molecule has 0 aliphatic heterocycles. The minimum atomic E-state index is -0.989. The number of nitrogens with one attached hydrogen (secondary N) is 2. The third kappa shape index (κ3) is 2.85. The number of carboxylic acids is 1. The van der Waals surface area contributed by atoms with Crippen LogP contribution in [0, 0.1) is 5.92 Å². The first-order valence-corrected chi connectivity index (χ1v) is 6.12. The van der Waals surface area contributed by atoms with Crippen LogP contribution < -0.4 is 10.7 Å². The zero-order valence-electron chi connectivity index (χ0n) is 10.8. The van der Waals surface area contributed by atoms with E-state index in [0.29, 0.717) is 10.9 Å². The normalized spacial score (nSPS) is 12.1. The summed E-state index contributed by atoms with van der Waals surface area (Å²) in [6.45, 7) is 1.49. The number of hydrogen-bond donors (Lipinski definition) is 3. The highest BCUT2D eigenvalue weighted by Gasteiger charge is 2.14. The van der Waals surface area contributed by atoms with Gasteiger partial charge in [-0.3, -0.25) is 14.4 Å². The molecule has 0 saturated carbocycles. The summed E-state index contributed by atoms with van der Waals surface area (Å²) in [5.74, 6) is -2.18. The number of aliphatic carboxylic acids is 1. The number of rotatable bonds is 4. The van der Waals surface area contributed by atoms with Crippen LogP contribution in [0.3, 0.4) is 0 Å². The summed E-state index contributed by atoms with van der Waals surface area (Å²) in [5, 5.41) is 11.7. The number of hydrogen-bond acceptors (Lipinski definition) is 3. The molecular formula is C14H14N2O4. The second-order valence-electron chi connectivity index (χ2n) is 4.54. The molecule has 2 rings (SSSR count). The second kappa shape index (κ2) is 5.56. The van der Waals surface area contributed by atoms with E-state index in [1.807, 2.05) is 0 Å². The summed E-state index contributed by atoms with van der Waals surface area (Å²) in [7, 11) is 0. The van der Waals surface area contributed by atoms with Crippen molar-refractivity contribution >= 4 is 22.8 Å². The Morgan fingerprint density at radius 1 is 1.35 bits per heavy atom. The van der Waals surface area contributed by atoms with Crippen molar-refractivity contribution in [3.05, 3.63) is 46.2 Å². The number of carbonyl (C=O) groups is 2. The van der Waals surface area contributed by atoms with E-state index < -0.39 is 17.8 Å². The number of aromatic amines is 1. The first kappa shape index (κ1) is 13.8. The average Bonchev–Trinajstić information content (AvgIpc) is 2.44. The summed E-state index contributed by atoms with van der Waals surface area (Å²) in [4.78, 5) is 37.3. The fourth-order valence-electron chi connectivity index (χ4n) is 1.75. The van der Waals surface area contributed by atoms with Gasteiger partial charge < -0.3 is 15.4 Å². The van der Waals surface area contributed by atoms with Gasteiger partial charge in [-0.25, -0.2) is 0 Å². The lowest BCUT2D eigenvalue weighted by Gasteiger charge is -2.09. The van der Waals surface area contributed by atoms with Crippen molar-refractivity contribution in [1.29, 1.82) is 0 Å². The number of carboxylic acid groups (broad SMARTS) is 1. The van der Waals surface area contributed by atoms with E-state index >= 15 is 0 Å². The first-order chi connectivity index (χ1) is 9.49. The molecule has 0 bridgehead atoms. The van der Waals surface area contributed by atoms with E-state index in [-0.39, 0.29) is 17.7 Å². The van der Waals surface area contributed by atoms with E-state index in [1.54, 1.807) is 24.3 Å². The van der Waals surface area contributed by atoms with Gasteiger partial charge in [0.1, 0.15) is 5.69 Å². The molecule has 3 N–H and O–H groups in total. The Kier molecular flexibility index (Phi) is 3.84. The van der Waals surface area contributed by atoms with E-state index in [0.717, 1.165) is 0 Å². The van der Waals surface area contributed by atoms with Crippen molar-refractivity contribution in [2.45, 2.75) is 6.92 Å². The summed E-state index contributed by atoms with van der Waals surface area (Å²) in [5.41, 5.74) is 0.429. The van der Waals surface area contributed by atoms with Crippen LogP contribution in [-0.4, -0.2) is 28.5 Å². The van der Waals surface area contributed by atoms with Crippen LogP contribution in [0.2, 0.25) is 0 Å². The predicted molar refractivity (Wildman–Crippen MR) is 73.7 cm³/mol. The average molecular weight is 274 g/mol. The van der Waals surface area contributed by atoms with Crippen LogP contribution in [0.5, 0.6) is 0 Å². The van der Waals surface area contributed by atoms with Crippen LogP contribution in [0.25, 0.3) is 10.9 Å². The molecule has 20 heavy (non-hydrogen) atoms. The minimum Gasteiger partial charge on any atom is -0.481 e. The molecule has 1 aromatic carbocycles. The molecule has 1 heterocycles. The van der Waals surface area contributed by atoms with Gasteiger partial charge in [0.2, 0.25) is 0 Å². The summed E-state index contributed by atoms with van der Waals surface area (Å²) >= 11 is 0. The topological polar surface area (TPSA) is 99.3 Å². The third-order valence-corrected chi connectivity index (χ3v) is 2.97.